The Hall–Kier alpha value is -2.58. The number of halogens is 7. The van der Waals surface area contributed by atoms with Crippen LogP contribution in [0.15, 0.2) is 18.2 Å². The number of rotatable bonds is 3. The molecule has 0 saturated carbocycles. The zero-order chi connectivity index (χ0) is 19.0. The second-order valence-corrected chi connectivity index (χ2v) is 5.36. The summed E-state index contributed by atoms with van der Waals surface area (Å²) in [4.78, 5) is 12.1. The number of amides is 1. The quantitative estimate of drug-likeness (QED) is 0.318. The largest absolute Gasteiger partial charge is 0.289 e. The van der Waals surface area contributed by atoms with E-state index in [4.69, 9.17) is 0 Å². The summed E-state index contributed by atoms with van der Waals surface area (Å²) in [6.45, 7) is 2.44. The number of hydrogen-bond donors (Lipinski definition) is 0. The summed E-state index contributed by atoms with van der Waals surface area (Å²) in [6.07, 6.45) is 0. The Balaban J connectivity index is 2.69. The molecule has 0 heterocycles. The van der Waals surface area contributed by atoms with Gasteiger partial charge in [-0.05, 0) is 18.1 Å². The first kappa shape index (κ1) is 18.8. The van der Waals surface area contributed by atoms with E-state index in [9.17, 15) is 35.6 Å². The summed E-state index contributed by atoms with van der Waals surface area (Å²) < 4.78 is 95.7. The molecule has 0 saturated heterocycles. The Kier molecular flexibility index (Phi) is 5.05. The maximum absolute atomic E-state index is 14.2. The van der Waals surface area contributed by atoms with E-state index in [1.165, 1.54) is 13.8 Å². The minimum atomic E-state index is -2.32. The van der Waals surface area contributed by atoms with Crippen molar-refractivity contribution in [3.05, 3.63) is 64.2 Å². The molecule has 0 spiro atoms. The smallest absolute Gasteiger partial charge is 0.266 e. The molecule has 0 fully saturated rings. The van der Waals surface area contributed by atoms with Crippen molar-refractivity contribution in [2.75, 3.05) is 5.12 Å². The summed E-state index contributed by atoms with van der Waals surface area (Å²) in [5.41, 5.74) is -3.61. The summed E-state index contributed by atoms with van der Waals surface area (Å²) in [6, 6.07) is 2.15. The first-order chi connectivity index (χ1) is 11.6. The molecule has 25 heavy (non-hydrogen) atoms. The average molecular weight is 365 g/mol. The predicted molar refractivity (Wildman–Crippen MR) is 74.6 cm³/mol. The Bertz CT molecular complexity index is 851. The van der Waals surface area contributed by atoms with Crippen molar-refractivity contribution in [1.82, 2.24) is 0 Å². The third-order valence-electron chi connectivity index (χ3n) is 3.42. The Morgan fingerprint density at radius 1 is 0.880 bits per heavy atom. The van der Waals surface area contributed by atoms with Gasteiger partial charge in [-0.1, -0.05) is 24.4 Å². The van der Waals surface area contributed by atoms with Gasteiger partial charge in [0.25, 0.3) is 5.91 Å². The Labute approximate surface area is 137 Å². The highest BCUT2D eigenvalue weighted by molar-refractivity contribution is 6.06. The van der Waals surface area contributed by atoms with Crippen molar-refractivity contribution in [3.63, 3.8) is 0 Å². The second kappa shape index (κ2) is 6.73. The van der Waals surface area contributed by atoms with E-state index in [0.717, 1.165) is 6.07 Å². The van der Waals surface area contributed by atoms with Crippen LogP contribution in [0.25, 0.3) is 0 Å². The Morgan fingerprint density at radius 3 is 2.00 bits per heavy atom. The molecule has 0 radical (unpaired) electrons. The molecule has 0 aliphatic rings. The van der Waals surface area contributed by atoms with E-state index in [1.54, 1.807) is 0 Å². The number of benzene rings is 2. The van der Waals surface area contributed by atoms with Gasteiger partial charge in [0.1, 0.15) is 5.69 Å². The molecule has 0 atom stereocenters. The van der Waals surface area contributed by atoms with Gasteiger partial charge in [0.05, 0.1) is 5.56 Å². The van der Waals surface area contributed by atoms with Gasteiger partial charge in [-0.2, -0.15) is 0 Å². The predicted octanol–water partition coefficient (Wildman–Crippen LogP) is 5.18. The number of carbonyl (C=O) groups is 1. The van der Waals surface area contributed by atoms with Gasteiger partial charge in [-0.25, -0.2) is 26.3 Å². The van der Waals surface area contributed by atoms with E-state index in [-0.39, 0.29) is 0 Å². The zero-order valence-electron chi connectivity index (χ0n) is 12.8. The second-order valence-electron chi connectivity index (χ2n) is 5.36. The van der Waals surface area contributed by atoms with E-state index in [1.807, 2.05) is 0 Å². The SMILES string of the molecule is CC(C)c1c(F)c(F)c(F)c(F)c1C(=O)N(F)c1cccc(F)c1F. The summed E-state index contributed by atoms with van der Waals surface area (Å²) in [7, 11) is 0. The molecule has 9 heteroatoms. The van der Waals surface area contributed by atoms with Gasteiger partial charge in [-0.3, -0.25) is 4.79 Å². The molecule has 134 valence electrons. The van der Waals surface area contributed by atoms with Gasteiger partial charge in [0, 0.05) is 5.56 Å². The molecule has 2 rings (SSSR count). The molecule has 0 unspecified atom stereocenters. The maximum atomic E-state index is 14.2. The topological polar surface area (TPSA) is 20.3 Å². The molecule has 0 bridgehead atoms. The van der Waals surface area contributed by atoms with Crippen LogP contribution in [0.2, 0.25) is 0 Å². The first-order valence-corrected chi connectivity index (χ1v) is 6.89. The lowest BCUT2D eigenvalue weighted by Gasteiger charge is -2.19. The normalized spacial score (nSPS) is 11.1. The molecule has 0 aliphatic heterocycles. The van der Waals surface area contributed by atoms with Crippen molar-refractivity contribution >= 4 is 11.6 Å². The highest BCUT2D eigenvalue weighted by Crippen LogP contribution is 2.32. The highest BCUT2D eigenvalue weighted by atomic mass is 19.2. The fourth-order valence-corrected chi connectivity index (χ4v) is 2.25. The molecule has 2 nitrogen and oxygen atoms in total. The minimum absolute atomic E-state index is 0.633. The first-order valence-electron chi connectivity index (χ1n) is 6.89. The molecular formula is C16H10F7NO. The number of anilines is 1. The van der Waals surface area contributed by atoms with E-state index in [2.05, 4.69) is 0 Å². The van der Waals surface area contributed by atoms with Crippen molar-refractivity contribution in [3.8, 4) is 0 Å². The molecular weight excluding hydrogens is 355 g/mol. The van der Waals surface area contributed by atoms with Gasteiger partial charge in [0.15, 0.2) is 34.9 Å². The minimum Gasteiger partial charge on any atom is -0.266 e. The fourth-order valence-electron chi connectivity index (χ4n) is 2.25. The zero-order valence-corrected chi connectivity index (χ0v) is 12.8. The van der Waals surface area contributed by atoms with Crippen molar-refractivity contribution in [2.24, 2.45) is 0 Å². The van der Waals surface area contributed by atoms with Crippen molar-refractivity contribution < 1.29 is 35.6 Å². The number of carbonyl (C=O) groups excluding carboxylic acids is 1. The third-order valence-corrected chi connectivity index (χ3v) is 3.42. The van der Waals surface area contributed by atoms with Gasteiger partial charge < -0.3 is 0 Å². The highest BCUT2D eigenvalue weighted by Gasteiger charge is 2.34. The molecule has 0 aliphatic carbocycles. The molecule has 2 aromatic carbocycles. The lowest BCUT2D eigenvalue weighted by Crippen LogP contribution is -2.27. The van der Waals surface area contributed by atoms with Crippen LogP contribution in [0.4, 0.5) is 36.5 Å². The van der Waals surface area contributed by atoms with E-state index >= 15 is 0 Å². The maximum Gasteiger partial charge on any atom is 0.289 e. The average Bonchev–Trinajstić information content (AvgIpc) is 2.56. The summed E-state index contributed by atoms with van der Waals surface area (Å²) >= 11 is 0. The number of nitrogens with zero attached hydrogens (tertiary/aromatic N) is 1. The van der Waals surface area contributed by atoms with Gasteiger partial charge >= 0.3 is 0 Å². The van der Waals surface area contributed by atoms with Crippen LogP contribution < -0.4 is 5.12 Å². The van der Waals surface area contributed by atoms with Crippen LogP contribution in [0.5, 0.6) is 0 Å². The lowest BCUT2D eigenvalue weighted by molar-refractivity contribution is 0.0921. The van der Waals surface area contributed by atoms with Gasteiger partial charge in [-0.15, -0.1) is 5.12 Å². The molecule has 0 aromatic heterocycles. The molecule has 1 amide bonds. The summed E-state index contributed by atoms with van der Waals surface area (Å²) in [5.74, 6) is -14.8. The van der Waals surface area contributed by atoms with Crippen LogP contribution in [-0.2, 0) is 0 Å². The standard InChI is InChI=1S/C16H10F7NO/c1-6(2)9-10(13(20)15(22)14(21)12(9)19)16(25)24(23)8-5-3-4-7(17)11(8)18/h3-6H,1-2H3. The Morgan fingerprint density at radius 2 is 1.44 bits per heavy atom. The lowest BCUT2D eigenvalue weighted by atomic mass is 9.94. The molecule has 0 N–H and O–H groups in total. The molecule has 2 aromatic rings. The summed E-state index contributed by atoms with van der Waals surface area (Å²) in [5, 5.41) is -1.00. The van der Waals surface area contributed by atoms with E-state index in [0.29, 0.717) is 12.1 Å². The third kappa shape index (κ3) is 3.06. The van der Waals surface area contributed by atoms with Crippen LogP contribution >= 0.6 is 0 Å². The van der Waals surface area contributed by atoms with Crippen molar-refractivity contribution in [1.29, 1.82) is 0 Å². The fraction of sp³-hybridized carbons (Fsp3) is 0.188. The van der Waals surface area contributed by atoms with Crippen LogP contribution in [0, 0.1) is 34.9 Å². The van der Waals surface area contributed by atoms with Crippen LogP contribution in [0.1, 0.15) is 35.7 Å². The van der Waals surface area contributed by atoms with Gasteiger partial charge in [0.2, 0.25) is 0 Å². The van der Waals surface area contributed by atoms with E-state index < -0.39 is 68.7 Å². The number of hydrogen-bond acceptors (Lipinski definition) is 1. The monoisotopic (exact) mass is 365 g/mol. The van der Waals surface area contributed by atoms with Crippen molar-refractivity contribution in [2.45, 2.75) is 19.8 Å². The van der Waals surface area contributed by atoms with Crippen LogP contribution in [0.3, 0.4) is 0 Å². The van der Waals surface area contributed by atoms with Crippen LogP contribution in [-0.4, -0.2) is 5.91 Å².